The van der Waals surface area contributed by atoms with Crippen molar-refractivity contribution in [3.8, 4) is 0 Å². The summed E-state index contributed by atoms with van der Waals surface area (Å²) in [6.45, 7) is 7.75. The Labute approximate surface area is 148 Å². The predicted octanol–water partition coefficient (Wildman–Crippen LogP) is 2.77. The number of fused-ring (bicyclic) bond motifs is 1. The molecule has 0 atom stereocenters. The van der Waals surface area contributed by atoms with Gasteiger partial charge in [0.05, 0.1) is 5.69 Å². The van der Waals surface area contributed by atoms with Crippen molar-refractivity contribution in [2.75, 3.05) is 17.8 Å². The number of aromatic nitrogens is 1. The van der Waals surface area contributed by atoms with Crippen LogP contribution in [0.3, 0.4) is 0 Å². The Morgan fingerprint density at radius 1 is 1.16 bits per heavy atom. The lowest BCUT2D eigenvalue weighted by Crippen LogP contribution is -2.40. The van der Waals surface area contributed by atoms with E-state index < -0.39 is 10.0 Å². The molecule has 3 rings (SSSR count). The number of carbonyl (C=O) groups is 1. The molecule has 0 unspecified atom stereocenters. The van der Waals surface area contributed by atoms with Gasteiger partial charge in [-0.05, 0) is 38.0 Å². The van der Waals surface area contributed by atoms with E-state index in [4.69, 9.17) is 0 Å². The van der Waals surface area contributed by atoms with Gasteiger partial charge in [0, 0.05) is 25.8 Å². The summed E-state index contributed by atoms with van der Waals surface area (Å²) in [5, 5.41) is 0. The lowest BCUT2D eigenvalue weighted by atomic mass is 10.1. The second-order valence-electron chi connectivity index (χ2n) is 6.47. The fraction of sp³-hybridized carbons (Fsp3) is 0.389. The molecule has 0 spiro atoms. The fourth-order valence-electron chi connectivity index (χ4n) is 3.10. The van der Waals surface area contributed by atoms with Gasteiger partial charge < -0.3 is 9.47 Å². The van der Waals surface area contributed by atoms with E-state index in [1.54, 1.807) is 21.7 Å². The zero-order valence-corrected chi connectivity index (χ0v) is 15.6. The fourth-order valence-corrected chi connectivity index (χ4v) is 4.27. The highest BCUT2D eigenvalue weighted by Gasteiger charge is 2.28. The second-order valence-corrected chi connectivity index (χ2v) is 8.15. The van der Waals surface area contributed by atoms with Gasteiger partial charge in [0.1, 0.15) is 10.6 Å². The van der Waals surface area contributed by atoms with Gasteiger partial charge >= 0.3 is 0 Å². The number of amides is 1. The van der Waals surface area contributed by atoms with Crippen LogP contribution in [0.1, 0.15) is 35.0 Å². The van der Waals surface area contributed by atoms with Crippen LogP contribution in [0, 0.1) is 13.8 Å². The van der Waals surface area contributed by atoms with Crippen LogP contribution in [-0.2, 0) is 16.6 Å². The van der Waals surface area contributed by atoms with Crippen LogP contribution in [0.4, 0.5) is 5.69 Å². The summed E-state index contributed by atoms with van der Waals surface area (Å²) in [7, 11) is -3.74. The highest BCUT2D eigenvalue weighted by molar-refractivity contribution is 7.92. The molecule has 1 amide bonds. The molecule has 2 heterocycles. The van der Waals surface area contributed by atoms with Crippen molar-refractivity contribution in [2.45, 2.75) is 38.6 Å². The molecular weight excluding hydrogens is 338 g/mol. The normalized spacial score (nSPS) is 14.5. The second kappa shape index (κ2) is 6.55. The topological polar surface area (TPSA) is 71.4 Å². The van der Waals surface area contributed by atoms with E-state index in [0.29, 0.717) is 31.0 Å². The van der Waals surface area contributed by atoms with E-state index >= 15 is 0 Å². The molecule has 1 aromatic heterocycles. The van der Waals surface area contributed by atoms with E-state index in [9.17, 15) is 13.2 Å². The van der Waals surface area contributed by atoms with Crippen molar-refractivity contribution in [1.29, 1.82) is 0 Å². The minimum atomic E-state index is -3.74. The van der Waals surface area contributed by atoms with Crippen molar-refractivity contribution in [2.24, 2.45) is 0 Å². The maximum atomic E-state index is 12.7. The number of carbonyl (C=O) groups excluding carboxylic acids is 1. The molecule has 7 heteroatoms. The maximum absolute atomic E-state index is 12.7. The van der Waals surface area contributed by atoms with Crippen LogP contribution in [0.15, 0.2) is 35.4 Å². The molecule has 0 bridgehead atoms. The Balaban J connectivity index is 1.89. The Hall–Kier alpha value is -2.28. The molecule has 25 heavy (non-hydrogen) atoms. The smallest absolute Gasteiger partial charge is 0.270 e. The first-order valence-electron chi connectivity index (χ1n) is 8.41. The standard InChI is InChI=1S/C18H23N3O3S/c1-4-7-20-8-9-21-12-15(11-17(21)18(20)22)25(23,24)19-16-6-5-13(2)10-14(16)3/h5-6,10-12,19H,4,7-9H2,1-3H3. The quantitative estimate of drug-likeness (QED) is 0.890. The molecule has 1 aliphatic rings. The van der Waals surface area contributed by atoms with Crippen LogP contribution >= 0.6 is 0 Å². The van der Waals surface area contributed by atoms with E-state index in [-0.39, 0.29) is 10.8 Å². The van der Waals surface area contributed by atoms with Crippen LogP contribution < -0.4 is 4.72 Å². The first-order chi connectivity index (χ1) is 11.8. The number of nitrogens with one attached hydrogen (secondary N) is 1. The summed E-state index contributed by atoms with van der Waals surface area (Å²) in [5.41, 5.74) is 2.91. The highest BCUT2D eigenvalue weighted by atomic mass is 32.2. The van der Waals surface area contributed by atoms with Gasteiger partial charge in [-0.2, -0.15) is 0 Å². The highest BCUT2D eigenvalue weighted by Crippen LogP contribution is 2.24. The molecule has 0 radical (unpaired) electrons. The van der Waals surface area contributed by atoms with Crippen molar-refractivity contribution in [3.63, 3.8) is 0 Å². The van der Waals surface area contributed by atoms with Gasteiger partial charge in [-0.25, -0.2) is 8.42 Å². The van der Waals surface area contributed by atoms with Crippen molar-refractivity contribution < 1.29 is 13.2 Å². The maximum Gasteiger partial charge on any atom is 0.270 e. The lowest BCUT2D eigenvalue weighted by molar-refractivity contribution is 0.0705. The van der Waals surface area contributed by atoms with Crippen LogP contribution in [0.5, 0.6) is 0 Å². The Morgan fingerprint density at radius 3 is 2.60 bits per heavy atom. The first kappa shape index (κ1) is 17.5. The van der Waals surface area contributed by atoms with Gasteiger partial charge in [-0.15, -0.1) is 0 Å². The Bertz CT molecular complexity index is 916. The van der Waals surface area contributed by atoms with Gasteiger partial charge in [0.25, 0.3) is 15.9 Å². The molecule has 0 aliphatic carbocycles. The third-order valence-electron chi connectivity index (χ3n) is 4.42. The summed E-state index contributed by atoms with van der Waals surface area (Å²) in [4.78, 5) is 14.4. The van der Waals surface area contributed by atoms with Gasteiger partial charge in [-0.1, -0.05) is 24.6 Å². The minimum absolute atomic E-state index is 0.110. The van der Waals surface area contributed by atoms with E-state index in [1.165, 1.54) is 6.07 Å². The summed E-state index contributed by atoms with van der Waals surface area (Å²) in [5.74, 6) is -0.110. The first-order valence-corrected chi connectivity index (χ1v) is 9.89. The number of sulfonamides is 1. The van der Waals surface area contributed by atoms with Crippen LogP contribution in [0.25, 0.3) is 0 Å². The predicted molar refractivity (Wildman–Crippen MR) is 97.4 cm³/mol. The van der Waals surface area contributed by atoms with Crippen molar-refractivity contribution in [3.05, 3.63) is 47.3 Å². The molecule has 0 saturated carbocycles. The number of benzene rings is 1. The Morgan fingerprint density at radius 2 is 1.92 bits per heavy atom. The van der Waals surface area contributed by atoms with Crippen LogP contribution in [-0.4, -0.2) is 36.9 Å². The lowest BCUT2D eigenvalue weighted by Gasteiger charge is -2.27. The average molecular weight is 361 g/mol. The zero-order chi connectivity index (χ0) is 18.2. The van der Waals surface area contributed by atoms with E-state index in [1.807, 2.05) is 32.9 Å². The van der Waals surface area contributed by atoms with Gasteiger partial charge in [0.15, 0.2) is 0 Å². The number of hydrogen-bond acceptors (Lipinski definition) is 3. The number of nitrogens with zero attached hydrogens (tertiary/aromatic N) is 2. The molecule has 0 fully saturated rings. The summed E-state index contributed by atoms with van der Waals surface area (Å²) in [6, 6.07) is 7.01. The van der Waals surface area contributed by atoms with Crippen molar-refractivity contribution >= 4 is 21.6 Å². The minimum Gasteiger partial charge on any atom is -0.340 e. The Kier molecular flexibility index (Phi) is 4.60. The van der Waals surface area contributed by atoms with Gasteiger partial charge in [-0.3, -0.25) is 9.52 Å². The molecule has 1 N–H and O–H groups in total. The van der Waals surface area contributed by atoms with E-state index in [2.05, 4.69) is 4.72 Å². The third-order valence-corrected chi connectivity index (χ3v) is 5.75. The van der Waals surface area contributed by atoms with Gasteiger partial charge in [0.2, 0.25) is 0 Å². The largest absolute Gasteiger partial charge is 0.340 e. The number of aryl methyl sites for hydroxylation is 2. The molecule has 134 valence electrons. The van der Waals surface area contributed by atoms with Crippen molar-refractivity contribution in [1.82, 2.24) is 9.47 Å². The molecule has 6 nitrogen and oxygen atoms in total. The molecule has 0 saturated heterocycles. The molecule has 1 aromatic carbocycles. The zero-order valence-electron chi connectivity index (χ0n) is 14.7. The van der Waals surface area contributed by atoms with Crippen LogP contribution in [0.2, 0.25) is 0 Å². The molecule has 1 aliphatic heterocycles. The average Bonchev–Trinajstić information content (AvgIpc) is 2.99. The van der Waals surface area contributed by atoms with E-state index in [0.717, 1.165) is 17.5 Å². The number of hydrogen-bond donors (Lipinski definition) is 1. The number of anilines is 1. The third kappa shape index (κ3) is 3.42. The summed E-state index contributed by atoms with van der Waals surface area (Å²) >= 11 is 0. The molecular formula is C18H23N3O3S. The summed E-state index contributed by atoms with van der Waals surface area (Å²) in [6.07, 6.45) is 2.42. The molecule has 2 aromatic rings. The monoisotopic (exact) mass is 361 g/mol. The SMILES string of the molecule is CCCN1CCn2cc(S(=O)(=O)Nc3ccc(C)cc3C)cc2C1=O. The summed E-state index contributed by atoms with van der Waals surface area (Å²) < 4.78 is 29.8. The number of rotatable bonds is 5.